The minimum atomic E-state index is 0.642. The van der Waals surface area contributed by atoms with Crippen molar-refractivity contribution in [2.24, 2.45) is 0 Å². The molecule has 2 rings (SSSR count). The Morgan fingerprint density at radius 1 is 1.35 bits per heavy atom. The molecule has 1 aliphatic heterocycles. The van der Waals surface area contributed by atoms with E-state index in [1.807, 2.05) is 18.2 Å². The quantitative estimate of drug-likeness (QED) is 0.858. The fourth-order valence-electron chi connectivity index (χ4n) is 2.41. The Balaban J connectivity index is 2.02. The molecular formula is C14H19N3. The van der Waals surface area contributed by atoms with Crippen LogP contribution in [-0.4, -0.2) is 31.1 Å². The lowest BCUT2D eigenvalue weighted by Crippen LogP contribution is -2.40. The van der Waals surface area contributed by atoms with Crippen molar-refractivity contribution in [3.63, 3.8) is 0 Å². The summed E-state index contributed by atoms with van der Waals surface area (Å²) in [4.78, 5) is 2.37. The first-order valence-electron chi connectivity index (χ1n) is 6.20. The van der Waals surface area contributed by atoms with Crippen molar-refractivity contribution in [1.82, 2.24) is 10.2 Å². The fourth-order valence-corrected chi connectivity index (χ4v) is 2.41. The Morgan fingerprint density at radius 2 is 2.06 bits per heavy atom. The van der Waals surface area contributed by atoms with E-state index in [0.29, 0.717) is 6.04 Å². The first-order chi connectivity index (χ1) is 8.31. The van der Waals surface area contributed by atoms with Crippen LogP contribution in [0.3, 0.4) is 0 Å². The van der Waals surface area contributed by atoms with Crippen LogP contribution in [-0.2, 0) is 6.54 Å². The summed E-state index contributed by atoms with van der Waals surface area (Å²) in [5.41, 5.74) is 1.93. The zero-order chi connectivity index (χ0) is 12.1. The van der Waals surface area contributed by atoms with Crippen molar-refractivity contribution in [2.45, 2.75) is 25.4 Å². The predicted molar refractivity (Wildman–Crippen MR) is 68.5 cm³/mol. The molecule has 1 aromatic rings. The summed E-state index contributed by atoms with van der Waals surface area (Å²) >= 11 is 0. The second-order valence-corrected chi connectivity index (χ2v) is 4.67. The molecule has 17 heavy (non-hydrogen) atoms. The maximum absolute atomic E-state index is 9.06. The van der Waals surface area contributed by atoms with Crippen LogP contribution in [0.4, 0.5) is 0 Å². The highest BCUT2D eigenvalue weighted by Gasteiger charge is 2.18. The third-order valence-corrected chi connectivity index (χ3v) is 3.49. The summed E-state index contributed by atoms with van der Waals surface area (Å²) in [6.07, 6.45) is 2.40. The van der Waals surface area contributed by atoms with Crippen LogP contribution in [0, 0.1) is 11.3 Å². The molecule has 1 N–H and O–H groups in total. The second kappa shape index (κ2) is 5.81. The van der Waals surface area contributed by atoms with Gasteiger partial charge in [-0.05, 0) is 44.6 Å². The van der Waals surface area contributed by atoms with E-state index >= 15 is 0 Å². The summed E-state index contributed by atoms with van der Waals surface area (Å²) < 4.78 is 0. The number of nitriles is 1. The molecule has 0 bridgehead atoms. The van der Waals surface area contributed by atoms with Crippen molar-refractivity contribution in [3.05, 3.63) is 35.4 Å². The van der Waals surface area contributed by atoms with E-state index < -0.39 is 0 Å². The van der Waals surface area contributed by atoms with Gasteiger partial charge in [-0.15, -0.1) is 0 Å². The van der Waals surface area contributed by atoms with Gasteiger partial charge in [0.25, 0.3) is 0 Å². The molecular weight excluding hydrogens is 210 g/mol. The molecule has 1 fully saturated rings. The smallest absolute Gasteiger partial charge is 0.0995 e. The zero-order valence-corrected chi connectivity index (χ0v) is 10.3. The number of hydrogen-bond donors (Lipinski definition) is 1. The van der Waals surface area contributed by atoms with Crippen LogP contribution in [0.2, 0.25) is 0 Å². The minimum absolute atomic E-state index is 0.642. The van der Waals surface area contributed by atoms with E-state index in [0.717, 1.165) is 30.8 Å². The van der Waals surface area contributed by atoms with Crippen molar-refractivity contribution in [3.8, 4) is 6.07 Å². The molecule has 0 aromatic heterocycles. The lowest BCUT2D eigenvalue weighted by Gasteiger charge is -2.31. The Hall–Kier alpha value is -1.37. The van der Waals surface area contributed by atoms with Gasteiger partial charge in [0.05, 0.1) is 11.6 Å². The average Bonchev–Trinajstić information content (AvgIpc) is 2.40. The van der Waals surface area contributed by atoms with Gasteiger partial charge in [-0.25, -0.2) is 0 Å². The molecule has 90 valence electrons. The summed E-state index contributed by atoms with van der Waals surface area (Å²) in [5.74, 6) is 0. The topological polar surface area (TPSA) is 39.1 Å². The van der Waals surface area contributed by atoms with Gasteiger partial charge in [0.2, 0.25) is 0 Å². The molecule has 3 nitrogen and oxygen atoms in total. The Morgan fingerprint density at radius 3 is 2.76 bits per heavy atom. The van der Waals surface area contributed by atoms with Crippen LogP contribution >= 0.6 is 0 Å². The van der Waals surface area contributed by atoms with E-state index in [-0.39, 0.29) is 0 Å². The maximum atomic E-state index is 9.06. The first-order valence-corrected chi connectivity index (χ1v) is 6.20. The molecule has 0 aliphatic carbocycles. The molecule has 0 radical (unpaired) electrons. The molecule has 1 aliphatic rings. The maximum Gasteiger partial charge on any atom is 0.0995 e. The lowest BCUT2D eigenvalue weighted by atomic mass is 10.0. The first kappa shape index (κ1) is 12.1. The standard InChI is InChI=1S/C14H19N3/c1-17(14-6-8-16-9-7-14)11-13-5-3-2-4-12(13)10-15/h2-5,14,16H,6-9,11H2,1H3. The van der Waals surface area contributed by atoms with Gasteiger partial charge >= 0.3 is 0 Å². The predicted octanol–water partition coefficient (Wildman–Crippen LogP) is 1.74. The third-order valence-electron chi connectivity index (χ3n) is 3.49. The van der Waals surface area contributed by atoms with Gasteiger partial charge in [0.15, 0.2) is 0 Å². The highest BCUT2D eigenvalue weighted by molar-refractivity contribution is 5.37. The summed E-state index contributed by atoms with van der Waals surface area (Å²) in [6.45, 7) is 3.08. The normalized spacial score (nSPS) is 17.0. The average molecular weight is 229 g/mol. The van der Waals surface area contributed by atoms with Crippen LogP contribution in [0.25, 0.3) is 0 Å². The van der Waals surface area contributed by atoms with Crippen LogP contribution in [0.15, 0.2) is 24.3 Å². The van der Waals surface area contributed by atoms with Gasteiger partial charge in [-0.1, -0.05) is 18.2 Å². The van der Waals surface area contributed by atoms with E-state index in [9.17, 15) is 0 Å². The van der Waals surface area contributed by atoms with Crippen LogP contribution in [0.1, 0.15) is 24.0 Å². The van der Waals surface area contributed by atoms with E-state index in [4.69, 9.17) is 5.26 Å². The van der Waals surface area contributed by atoms with Gasteiger partial charge in [0.1, 0.15) is 0 Å². The summed E-state index contributed by atoms with van der Waals surface area (Å²) in [7, 11) is 2.16. The largest absolute Gasteiger partial charge is 0.317 e. The highest BCUT2D eigenvalue weighted by atomic mass is 15.1. The molecule has 0 atom stereocenters. The van der Waals surface area contributed by atoms with Crippen molar-refractivity contribution < 1.29 is 0 Å². The molecule has 0 amide bonds. The molecule has 0 unspecified atom stereocenters. The second-order valence-electron chi connectivity index (χ2n) is 4.67. The highest BCUT2D eigenvalue weighted by Crippen LogP contribution is 2.15. The van der Waals surface area contributed by atoms with Crippen molar-refractivity contribution >= 4 is 0 Å². The van der Waals surface area contributed by atoms with Gasteiger partial charge in [-0.2, -0.15) is 5.26 Å². The van der Waals surface area contributed by atoms with Gasteiger partial charge in [-0.3, -0.25) is 4.90 Å². The summed E-state index contributed by atoms with van der Waals surface area (Å²) in [6, 6.07) is 10.8. The number of hydrogen-bond acceptors (Lipinski definition) is 3. The van der Waals surface area contributed by atoms with Crippen molar-refractivity contribution in [1.29, 1.82) is 5.26 Å². The van der Waals surface area contributed by atoms with Crippen LogP contribution in [0.5, 0.6) is 0 Å². The van der Waals surface area contributed by atoms with E-state index in [1.165, 1.54) is 12.8 Å². The molecule has 3 heteroatoms. The number of benzene rings is 1. The lowest BCUT2D eigenvalue weighted by molar-refractivity contribution is 0.191. The van der Waals surface area contributed by atoms with Gasteiger partial charge < -0.3 is 5.32 Å². The minimum Gasteiger partial charge on any atom is -0.317 e. The van der Waals surface area contributed by atoms with E-state index in [2.05, 4.69) is 29.4 Å². The van der Waals surface area contributed by atoms with E-state index in [1.54, 1.807) is 0 Å². The Kier molecular flexibility index (Phi) is 4.13. The number of nitrogens with zero attached hydrogens (tertiary/aromatic N) is 2. The number of rotatable bonds is 3. The third kappa shape index (κ3) is 3.06. The Labute approximate surface area is 103 Å². The zero-order valence-electron chi connectivity index (χ0n) is 10.3. The molecule has 0 saturated carbocycles. The monoisotopic (exact) mass is 229 g/mol. The van der Waals surface area contributed by atoms with Gasteiger partial charge in [0, 0.05) is 12.6 Å². The number of piperidine rings is 1. The summed E-state index contributed by atoms with van der Waals surface area (Å²) in [5, 5.41) is 12.4. The molecule has 1 heterocycles. The Bertz CT molecular complexity index is 402. The van der Waals surface area contributed by atoms with Crippen molar-refractivity contribution in [2.75, 3.05) is 20.1 Å². The van der Waals surface area contributed by atoms with Crippen LogP contribution < -0.4 is 5.32 Å². The molecule has 0 spiro atoms. The fraction of sp³-hybridized carbons (Fsp3) is 0.500. The SMILES string of the molecule is CN(Cc1ccccc1C#N)C1CCNCC1. The number of nitrogens with one attached hydrogen (secondary N) is 1. The molecule has 1 saturated heterocycles. The molecule has 1 aromatic carbocycles.